The van der Waals surface area contributed by atoms with Gasteiger partial charge < -0.3 is 19.5 Å². The Bertz CT molecular complexity index is 405. The van der Waals surface area contributed by atoms with E-state index in [1.54, 1.807) is 0 Å². The molecule has 0 saturated carbocycles. The Morgan fingerprint density at radius 2 is 1.88 bits per heavy atom. The molecule has 3 rings (SSSR count). The second-order valence-electron chi connectivity index (χ2n) is 4.14. The minimum Gasteiger partial charge on any atom is -0.488 e. The predicted octanol–water partition coefficient (Wildman–Crippen LogP) is 2.04. The molecule has 0 spiro atoms. The maximum atomic E-state index is 5.82. The van der Waals surface area contributed by atoms with Crippen molar-refractivity contribution >= 4 is 5.69 Å². The maximum absolute atomic E-state index is 5.82. The molecule has 86 valence electrons. The third-order valence-electron chi connectivity index (χ3n) is 2.84. The monoisotopic (exact) mass is 221 g/mol. The fourth-order valence-corrected chi connectivity index (χ4v) is 1.99. The summed E-state index contributed by atoms with van der Waals surface area (Å²) in [6.45, 7) is 4.22. The van der Waals surface area contributed by atoms with Gasteiger partial charge in [0.1, 0.15) is 19.0 Å². The minimum atomic E-state index is 0.233. The van der Waals surface area contributed by atoms with Crippen molar-refractivity contribution in [2.45, 2.75) is 19.4 Å². The first-order valence-electron chi connectivity index (χ1n) is 5.67. The summed E-state index contributed by atoms with van der Waals surface area (Å²) in [5.41, 5.74) is 0.994. The van der Waals surface area contributed by atoms with Crippen LogP contribution in [0.3, 0.4) is 0 Å². The summed E-state index contributed by atoms with van der Waals surface area (Å²) in [6, 6.07) is 3.88. The third kappa shape index (κ3) is 1.64. The first-order valence-corrected chi connectivity index (χ1v) is 5.67. The van der Waals surface area contributed by atoms with Crippen molar-refractivity contribution in [3.63, 3.8) is 0 Å². The molecule has 0 radical (unpaired) electrons. The zero-order chi connectivity index (χ0) is 11.0. The topological polar surface area (TPSA) is 39.7 Å². The maximum Gasteiger partial charge on any atom is 0.165 e. The van der Waals surface area contributed by atoms with Gasteiger partial charge in [-0.3, -0.25) is 0 Å². The average molecular weight is 221 g/mol. The van der Waals surface area contributed by atoms with Gasteiger partial charge in [-0.05, 0) is 6.92 Å². The summed E-state index contributed by atoms with van der Waals surface area (Å²) in [5, 5.41) is 3.35. The van der Waals surface area contributed by atoms with Crippen LogP contribution < -0.4 is 19.5 Å². The molecular formula is C12H15NO3. The quantitative estimate of drug-likeness (QED) is 0.727. The highest BCUT2D eigenvalue weighted by atomic mass is 16.6. The zero-order valence-electron chi connectivity index (χ0n) is 9.29. The van der Waals surface area contributed by atoms with E-state index in [4.69, 9.17) is 14.2 Å². The first-order chi connectivity index (χ1) is 7.83. The van der Waals surface area contributed by atoms with E-state index < -0.39 is 0 Å². The molecular weight excluding hydrogens is 206 g/mol. The number of hydrogen-bond donors (Lipinski definition) is 1. The van der Waals surface area contributed by atoms with Crippen LogP contribution in [0.1, 0.15) is 13.3 Å². The molecule has 1 aromatic carbocycles. The summed E-state index contributed by atoms with van der Waals surface area (Å²) in [5.74, 6) is 2.44. The number of fused-ring (bicyclic) bond motifs is 2. The molecule has 0 bridgehead atoms. The van der Waals surface area contributed by atoms with E-state index in [9.17, 15) is 0 Å². The molecule has 4 nitrogen and oxygen atoms in total. The lowest BCUT2D eigenvalue weighted by Crippen LogP contribution is -2.15. The Morgan fingerprint density at radius 3 is 2.69 bits per heavy atom. The van der Waals surface area contributed by atoms with Crippen molar-refractivity contribution in [3.8, 4) is 17.2 Å². The molecule has 1 unspecified atom stereocenters. The van der Waals surface area contributed by atoms with E-state index >= 15 is 0 Å². The molecule has 1 atom stereocenters. The molecule has 0 fully saturated rings. The van der Waals surface area contributed by atoms with Crippen LogP contribution in [0.15, 0.2) is 12.1 Å². The summed E-state index contributed by atoms with van der Waals surface area (Å²) in [4.78, 5) is 0. The largest absolute Gasteiger partial charge is 0.488 e. The third-order valence-corrected chi connectivity index (χ3v) is 2.84. The van der Waals surface area contributed by atoms with Gasteiger partial charge in [0.2, 0.25) is 0 Å². The van der Waals surface area contributed by atoms with E-state index in [2.05, 4.69) is 12.2 Å². The lowest BCUT2D eigenvalue weighted by molar-refractivity contribution is 0.169. The van der Waals surface area contributed by atoms with Gasteiger partial charge in [-0.15, -0.1) is 0 Å². The van der Waals surface area contributed by atoms with Gasteiger partial charge in [-0.2, -0.15) is 0 Å². The van der Waals surface area contributed by atoms with E-state index in [0.717, 1.165) is 35.9 Å². The number of ether oxygens (including phenoxy) is 3. The van der Waals surface area contributed by atoms with Crippen molar-refractivity contribution in [2.75, 3.05) is 25.1 Å². The standard InChI is InChI=1S/C12H15NO3/c1-8-2-3-13-9-6-11-12(7-10(9)16-8)15-5-4-14-11/h6-8,13H,2-5H2,1H3. The SMILES string of the molecule is CC1CCNc2cc3c(cc2O1)OCCO3. The van der Waals surface area contributed by atoms with Gasteiger partial charge in [0.25, 0.3) is 0 Å². The van der Waals surface area contributed by atoms with Gasteiger partial charge in [-0.25, -0.2) is 0 Å². The van der Waals surface area contributed by atoms with Crippen LogP contribution in [-0.2, 0) is 0 Å². The highest BCUT2D eigenvalue weighted by molar-refractivity contribution is 5.65. The second-order valence-corrected chi connectivity index (χ2v) is 4.14. The molecule has 1 N–H and O–H groups in total. The molecule has 0 amide bonds. The van der Waals surface area contributed by atoms with Gasteiger partial charge in [-0.1, -0.05) is 0 Å². The Morgan fingerprint density at radius 1 is 1.12 bits per heavy atom. The molecule has 1 aromatic rings. The van der Waals surface area contributed by atoms with E-state index in [1.807, 2.05) is 12.1 Å². The number of benzene rings is 1. The van der Waals surface area contributed by atoms with Gasteiger partial charge in [0.15, 0.2) is 11.5 Å². The number of hydrogen-bond acceptors (Lipinski definition) is 4. The van der Waals surface area contributed by atoms with Crippen LogP contribution in [-0.4, -0.2) is 25.9 Å². The highest BCUT2D eigenvalue weighted by Gasteiger charge is 2.19. The lowest BCUT2D eigenvalue weighted by Gasteiger charge is -2.21. The molecule has 4 heteroatoms. The number of rotatable bonds is 0. The van der Waals surface area contributed by atoms with Crippen LogP contribution in [0.25, 0.3) is 0 Å². The molecule has 16 heavy (non-hydrogen) atoms. The van der Waals surface area contributed by atoms with E-state index in [1.165, 1.54) is 0 Å². The Labute approximate surface area is 94.5 Å². The van der Waals surface area contributed by atoms with Crippen LogP contribution >= 0.6 is 0 Å². The van der Waals surface area contributed by atoms with Gasteiger partial charge in [0, 0.05) is 25.1 Å². The van der Waals surface area contributed by atoms with Gasteiger partial charge >= 0.3 is 0 Å². The Balaban J connectivity index is 2.01. The summed E-state index contributed by atoms with van der Waals surface area (Å²) < 4.78 is 16.9. The van der Waals surface area contributed by atoms with Crippen LogP contribution in [0.4, 0.5) is 5.69 Å². The molecule has 2 aliphatic rings. The van der Waals surface area contributed by atoms with E-state index in [0.29, 0.717) is 13.2 Å². The highest BCUT2D eigenvalue weighted by Crippen LogP contribution is 2.40. The Hall–Kier alpha value is -1.58. The van der Waals surface area contributed by atoms with Gasteiger partial charge in [0.05, 0.1) is 11.8 Å². The van der Waals surface area contributed by atoms with Crippen LogP contribution in [0.2, 0.25) is 0 Å². The van der Waals surface area contributed by atoms with Crippen molar-refractivity contribution in [1.29, 1.82) is 0 Å². The average Bonchev–Trinajstić information content (AvgIpc) is 2.46. The van der Waals surface area contributed by atoms with Crippen molar-refractivity contribution in [1.82, 2.24) is 0 Å². The van der Waals surface area contributed by atoms with Crippen molar-refractivity contribution < 1.29 is 14.2 Å². The van der Waals surface area contributed by atoms with Crippen molar-refractivity contribution in [2.24, 2.45) is 0 Å². The molecule has 0 aromatic heterocycles. The normalized spacial score (nSPS) is 22.4. The number of nitrogens with one attached hydrogen (secondary N) is 1. The lowest BCUT2D eigenvalue weighted by atomic mass is 10.2. The molecule has 2 aliphatic heterocycles. The van der Waals surface area contributed by atoms with Crippen molar-refractivity contribution in [3.05, 3.63) is 12.1 Å². The van der Waals surface area contributed by atoms with Crippen LogP contribution in [0.5, 0.6) is 17.2 Å². The smallest absolute Gasteiger partial charge is 0.165 e. The van der Waals surface area contributed by atoms with E-state index in [-0.39, 0.29) is 6.10 Å². The zero-order valence-corrected chi connectivity index (χ0v) is 9.29. The minimum absolute atomic E-state index is 0.233. The summed E-state index contributed by atoms with van der Waals surface area (Å²) in [6.07, 6.45) is 1.23. The fraction of sp³-hybridized carbons (Fsp3) is 0.500. The Kier molecular flexibility index (Phi) is 2.27. The summed E-state index contributed by atoms with van der Waals surface area (Å²) >= 11 is 0. The molecule has 0 aliphatic carbocycles. The predicted molar refractivity (Wildman–Crippen MR) is 60.6 cm³/mol. The molecule has 2 heterocycles. The second kappa shape index (κ2) is 3.77. The molecule has 0 saturated heterocycles. The number of anilines is 1. The summed E-state index contributed by atoms with van der Waals surface area (Å²) in [7, 11) is 0. The van der Waals surface area contributed by atoms with Crippen LogP contribution in [0, 0.1) is 0 Å². The fourth-order valence-electron chi connectivity index (χ4n) is 1.99. The first kappa shape index (κ1) is 9.63.